The van der Waals surface area contributed by atoms with E-state index >= 15 is 0 Å². The molecule has 0 fully saturated rings. The molecule has 1 aromatic rings. The number of benzene rings is 1. The van der Waals surface area contributed by atoms with Gasteiger partial charge in [-0.05, 0) is 37.6 Å². The van der Waals surface area contributed by atoms with E-state index in [0.717, 1.165) is 17.0 Å². The first-order valence-electron chi connectivity index (χ1n) is 6.26. The number of rotatable bonds is 6. The van der Waals surface area contributed by atoms with E-state index in [1.807, 2.05) is 13.8 Å². The lowest BCUT2D eigenvalue weighted by Crippen LogP contribution is -2.43. The van der Waals surface area contributed by atoms with Gasteiger partial charge >= 0.3 is 0 Å². The number of halogens is 1. The minimum Gasteiger partial charge on any atom is -0.352 e. The van der Waals surface area contributed by atoms with E-state index in [1.165, 1.54) is 0 Å². The second-order valence-electron chi connectivity index (χ2n) is 4.62. The molecular weight excluding hydrogens is 300 g/mol. The molecule has 0 aliphatic rings. The van der Waals surface area contributed by atoms with Crippen LogP contribution in [0.1, 0.15) is 20.3 Å². The van der Waals surface area contributed by atoms with Crippen LogP contribution in [0.25, 0.3) is 0 Å². The summed E-state index contributed by atoms with van der Waals surface area (Å²) in [5.41, 5.74) is 0.413. The van der Waals surface area contributed by atoms with E-state index in [1.54, 1.807) is 24.3 Å². The van der Waals surface area contributed by atoms with Crippen LogP contribution in [0.15, 0.2) is 24.3 Å². The maximum Gasteiger partial charge on any atom is 0.240 e. The number of hydrogen-bond acceptors (Lipinski definition) is 3. The summed E-state index contributed by atoms with van der Waals surface area (Å²) in [7, 11) is -3.54. The summed E-state index contributed by atoms with van der Waals surface area (Å²) < 4.78 is 24.7. The minimum absolute atomic E-state index is 0.00845. The molecular formula is C13H19ClN2O3S. The van der Waals surface area contributed by atoms with Gasteiger partial charge in [0.2, 0.25) is 15.9 Å². The van der Waals surface area contributed by atoms with Crippen molar-refractivity contribution in [2.45, 2.75) is 26.3 Å². The topological polar surface area (TPSA) is 66.5 Å². The molecule has 0 spiro atoms. The van der Waals surface area contributed by atoms with Crippen molar-refractivity contribution in [1.29, 1.82) is 0 Å². The Morgan fingerprint density at radius 1 is 1.35 bits per heavy atom. The monoisotopic (exact) mass is 318 g/mol. The van der Waals surface area contributed by atoms with Gasteiger partial charge in [0.25, 0.3) is 0 Å². The third-order valence-corrected chi connectivity index (χ3v) is 4.21. The fraction of sp³-hybridized carbons (Fsp3) is 0.462. The molecule has 112 valence electrons. The summed E-state index contributed by atoms with van der Waals surface area (Å²) in [5.74, 6) is -0.334. The highest BCUT2D eigenvalue weighted by molar-refractivity contribution is 7.92. The molecule has 20 heavy (non-hydrogen) atoms. The number of nitrogens with zero attached hydrogens (tertiary/aromatic N) is 1. The van der Waals surface area contributed by atoms with Crippen LogP contribution < -0.4 is 9.62 Å². The third-order valence-electron chi connectivity index (χ3n) is 2.82. The molecule has 7 heteroatoms. The summed E-state index contributed by atoms with van der Waals surface area (Å²) in [5, 5.41) is 3.25. The predicted molar refractivity (Wildman–Crippen MR) is 81.5 cm³/mol. The number of nitrogens with one attached hydrogen (secondary N) is 1. The zero-order chi connectivity index (χ0) is 15.3. The number of hydrogen-bond donors (Lipinski definition) is 1. The largest absolute Gasteiger partial charge is 0.352 e. The average molecular weight is 319 g/mol. The predicted octanol–water partition coefficient (Wildman–Crippen LogP) is 2.02. The Morgan fingerprint density at radius 3 is 2.35 bits per heavy atom. The van der Waals surface area contributed by atoms with Crippen molar-refractivity contribution in [2.24, 2.45) is 0 Å². The van der Waals surface area contributed by atoms with Gasteiger partial charge < -0.3 is 5.32 Å². The number of anilines is 1. The van der Waals surface area contributed by atoms with Crippen molar-refractivity contribution < 1.29 is 13.2 Å². The molecule has 5 nitrogen and oxygen atoms in total. The van der Waals surface area contributed by atoms with Gasteiger partial charge in [0.1, 0.15) is 6.54 Å². The van der Waals surface area contributed by atoms with Crippen molar-refractivity contribution in [3.05, 3.63) is 29.3 Å². The second kappa shape index (κ2) is 6.95. The van der Waals surface area contributed by atoms with Crippen LogP contribution in [0.4, 0.5) is 5.69 Å². The van der Waals surface area contributed by atoms with Gasteiger partial charge in [0.15, 0.2) is 0 Å². The molecule has 0 aromatic heterocycles. The van der Waals surface area contributed by atoms with Crippen molar-refractivity contribution in [1.82, 2.24) is 5.32 Å². The van der Waals surface area contributed by atoms with E-state index in [9.17, 15) is 13.2 Å². The van der Waals surface area contributed by atoms with Crippen LogP contribution >= 0.6 is 11.6 Å². The molecule has 1 amide bonds. The SMILES string of the molecule is CCC(C)NC(=O)CN(c1ccc(Cl)cc1)S(C)(=O)=O. The summed E-state index contributed by atoms with van der Waals surface area (Å²) in [4.78, 5) is 11.9. The van der Waals surface area contributed by atoms with Gasteiger partial charge in [-0.15, -0.1) is 0 Å². The molecule has 0 heterocycles. The van der Waals surface area contributed by atoms with Crippen LogP contribution in [0.2, 0.25) is 5.02 Å². The Labute approximate surface area is 125 Å². The Bertz CT molecular complexity index is 557. The lowest BCUT2D eigenvalue weighted by atomic mass is 10.2. The van der Waals surface area contributed by atoms with Gasteiger partial charge in [-0.2, -0.15) is 0 Å². The highest BCUT2D eigenvalue weighted by Gasteiger charge is 2.21. The normalized spacial score (nSPS) is 12.8. The maximum atomic E-state index is 11.9. The molecule has 0 radical (unpaired) electrons. The van der Waals surface area contributed by atoms with Crippen LogP contribution in [-0.2, 0) is 14.8 Å². The maximum absolute atomic E-state index is 11.9. The highest BCUT2D eigenvalue weighted by Crippen LogP contribution is 2.20. The molecule has 1 rings (SSSR count). The number of carbonyl (C=O) groups excluding carboxylic acids is 1. The van der Waals surface area contributed by atoms with E-state index in [-0.39, 0.29) is 18.5 Å². The summed E-state index contributed by atoms with van der Waals surface area (Å²) in [6.07, 6.45) is 1.85. The zero-order valence-corrected chi connectivity index (χ0v) is 13.3. The summed E-state index contributed by atoms with van der Waals surface area (Å²) in [6.45, 7) is 3.56. The fourth-order valence-electron chi connectivity index (χ4n) is 1.56. The van der Waals surface area contributed by atoms with Gasteiger partial charge in [0.05, 0.1) is 11.9 Å². The Kier molecular flexibility index (Phi) is 5.83. The summed E-state index contributed by atoms with van der Waals surface area (Å²) >= 11 is 5.78. The Morgan fingerprint density at radius 2 is 1.90 bits per heavy atom. The standard InChI is InChI=1S/C13H19ClN2O3S/c1-4-10(2)15-13(17)9-16(20(3,18)19)12-7-5-11(14)6-8-12/h5-8,10H,4,9H2,1-3H3,(H,15,17). The van der Waals surface area contributed by atoms with E-state index < -0.39 is 10.0 Å². The van der Waals surface area contributed by atoms with Crippen LogP contribution in [0, 0.1) is 0 Å². The number of amides is 1. The molecule has 1 aromatic carbocycles. The lowest BCUT2D eigenvalue weighted by Gasteiger charge is -2.23. The quantitative estimate of drug-likeness (QED) is 0.872. The first kappa shape index (κ1) is 16.8. The molecule has 0 saturated heterocycles. The van der Waals surface area contributed by atoms with Crippen molar-refractivity contribution in [3.8, 4) is 0 Å². The van der Waals surface area contributed by atoms with E-state index in [4.69, 9.17) is 11.6 Å². The molecule has 1 atom stereocenters. The van der Waals surface area contributed by atoms with Crippen molar-refractivity contribution >= 4 is 33.2 Å². The lowest BCUT2D eigenvalue weighted by molar-refractivity contribution is -0.120. The van der Waals surface area contributed by atoms with E-state index in [2.05, 4.69) is 5.32 Å². The first-order valence-corrected chi connectivity index (χ1v) is 8.49. The molecule has 0 saturated carbocycles. The van der Waals surface area contributed by atoms with Gasteiger partial charge in [0, 0.05) is 11.1 Å². The fourth-order valence-corrected chi connectivity index (χ4v) is 2.54. The highest BCUT2D eigenvalue weighted by atomic mass is 35.5. The first-order chi connectivity index (χ1) is 9.24. The Balaban J connectivity index is 2.92. The molecule has 1 unspecified atom stereocenters. The van der Waals surface area contributed by atoms with Gasteiger partial charge in [-0.3, -0.25) is 9.10 Å². The summed E-state index contributed by atoms with van der Waals surface area (Å²) in [6, 6.07) is 6.32. The second-order valence-corrected chi connectivity index (χ2v) is 6.97. The molecule has 0 bridgehead atoms. The molecule has 0 aliphatic heterocycles. The third kappa shape index (κ3) is 5.02. The minimum atomic E-state index is -3.54. The van der Waals surface area contributed by atoms with Gasteiger partial charge in [-0.25, -0.2) is 8.42 Å². The smallest absolute Gasteiger partial charge is 0.240 e. The Hall–Kier alpha value is -1.27. The number of carbonyl (C=O) groups is 1. The number of sulfonamides is 1. The van der Waals surface area contributed by atoms with Crippen LogP contribution in [0.3, 0.4) is 0 Å². The van der Waals surface area contributed by atoms with Crippen LogP contribution in [0.5, 0.6) is 0 Å². The van der Waals surface area contributed by atoms with Crippen LogP contribution in [-0.4, -0.2) is 33.2 Å². The van der Waals surface area contributed by atoms with Gasteiger partial charge in [-0.1, -0.05) is 18.5 Å². The molecule has 0 aliphatic carbocycles. The van der Waals surface area contributed by atoms with Crippen molar-refractivity contribution in [3.63, 3.8) is 0 Å². The molecule has 1 N–H and O–H groups in total. The van der Waals surface area contributed by atoms with E-state index in [0.29, 0.717) is 10.7 Å². The zero-order valence-electron chi connectivity index (χ0n) is 11.8. The van der Waals surface area contributed by atoms with Crippen molar-refractivity contribution in [2.75, 3.05) is 17.1 Å². The average Bonchev–Trinajstić information content (AvgIpc) is 2.36.